The molecule has 0 atom stereocenters. The van der Waals surface area contributed by atoms with Gasteiger partial charge in [-0.25, -0.2) is 9.78 Å². The lowest BCUT2D eigenvalue weighted by Gasteiger charge is -2.22. The molecule has 0 spiro atoms. The molecule has 1 heterocycles. The van der Waals surface area contributed by atoms with Crippen LogP contribution in [-0.2, 0) is 9.53 Å². The van der Waals surface area contributed by atoms with Gasteiger partial charge in [0.2, 0.25) is 0 Å². The molecule has 0 aliphatic heterocycles. The van der Waals surface area contributed by atoms with Crippen molar-refractivity contribution in [3.8, 4) is 5.75 Å². The van der Waals surface area contributed by atoms with E-state index in [4.69, 9.17) is 14.5 Å². The van der Waals surface area contributed by atoms with E-state index < -0.39 is 5.97 Å². The summed E-state index contributed by atoms with van der Waals surface area (Å²) < 4.78 is 13.5. The molecule has 0 radical (unpaired) electrons. The van der Waals surface area contributed by atoms with Crippen LogP contribution in [0.5, 0.6) is 5.75 Å². The topological polar surface area (TPSA) is 82.8 Å². The van der Waals surface area contributed by atoms with E-state index in [-0.39, 0.29) is 24.2 Å². The van der Waals surface area contributed by atoms with Crippen molar-refractivity contribution in [2.45, 2.75) is 58.0 Å². The van der Waals surface area contributed by atoms with Crippen molar-refractivity contribution in [2.75, 3.05) is 6.61 Å². The Labute approximate surface area is 220 Å². The molecule has 0 amide bonds. The number of hydrogen-bond donors (Lipinski definition) is 0. The second kappa shape index (κ2) is 11.5. The van der Waals surface area contributed by atoms with Crippen molar-refractivity contribution >= 4 is 54.9 Å². The molecule has 1 fully saturated rings. The highest BCUT2D eigenvalue weighted by Crippen LogP contribution is 2.35. The zero-order valence-corrected chi connectivity index (χ0v) is 22.8. The average molecular weight is 605 g/mol. The Morgan fingerprint density at radius 2 is 1.86 bits per heavy atom. The minimum atomic E-state index is -0.442. The summed E-state index contributed by atoms with van der Waals surface area (Å²) in [5, 5.41) is 5.13. The Kier molecular flexibility index (Phi) is 8.38. The molecule has 2 aromatic carbocycles. The fourth-order valence-electron chi connectivity index (χ4n) is 4.22. The van der Waals surface area contributed by atoms with Gasteiger partial charge in [0.15, 0.2) is 6.61 Å². The number of carbonyl (C=O) groups excluding carboxylic acids is 1. The standard InChI is InChI=1S/C26H27Br2N3O4/c1-16(2)35-23(32)15-34-24-20(27)12-17(13-21(24)28)14-29-31-25(18-8-4-3-5-9-18)30-22-11-7-6-10-19(22)26(31)33/h6-7,10-14,16,18H,3-5,8-9,15H2,1-2H3. The maximum absolute atomic E-state index is 13.4. The molecule has 7 nitrogen and oxygen atoms in total. The molecule has 1 aliphatic carbocycles. The highest BCUT2D eigenvalue weighted by molar-refractivity contribution is 9.11. The fourth-order valence-corrected chi connectivity index (χ4v) is 5.67. The predicted octanol–water partition coefficient (Wildman–Crippen LogP) is 6.18. The average Bonchev–Trinajstić information content (AvgIpc) is 2.83. The molecule has 184 valence electrons. The van der Waals surface area contributed by atoms with Crippen LogP contribution in [0, 0.1) is 0 Å². The maximum Gasteiger partial charge on any atom is 0.344 e. The molecule has 0 bridgehead atoms. The van der Waals surface area contributed by atoms with Crippen molar-refractivity contribution < 1.29 is 14.3 Å². The number of aromatic nitrogens is 2. The highest BCUT2D eigenvalue weighted by Gasteiger charge is 2.22. The van der Waals surface area contributed by atoms with Crippen LogP contribution in [0.25, 0.3) is 10.9 Å². The summed E-state index contributed by atoms with van der Waals surface area (Å²) in [6, 6.07) is 11.0. The number of halogens is 2. The van der Waals surface area contributed by atoms with E-state index in [1.807, 2.05) is 30.3 Å². The quantitative estimate of drug-likeness (QED) is 0.237. The number of esters is 1. The lowest BCUT2D eigenvalue weighted by molar-refractivity contribution is -0.149. The molecule has 0 saturated heterocycles. The van der Waals surface area contributed by atoms with Gasteiger partial charge in [0.05, 0.1) is 32.2 Å². The van der Waals surface area contributed by atoms with E-state index in [2.05, 4.69) is 37.0 Å². The van der Waals surface area contributed by atoms with Crippen molar-refractivity contribution in [3.05, 3.63) is 67.1 Å². The van der Waals surface area contributed by atoms with Crippen LogP contribution >= 0.6 is 31.9 Å². The van der Waals surface area contributed by atoms with Crippen LogP contribution in [-0.4, -0.2) is 34.6 Å². The number of rotatable bonds is 7. The van der Waals surface area contributed by atoms with Gasteiger partial charge in [0.25, 0.3) is 5.56 Å². The normalized spacial score (nSPS) is 14.7. The molecule has 3 aromatic rings. The van der Waals surface area contributed by atoms with Crippen molar-refractivity contribution in [2.24, 2.45) is 5.10 Å². The molecular weight excluding hydrogens is 578 g/mol. The third-order valence-corrected chi connectivity index (χ3v) is 6.97. The van der Waals surface area contributed by atoms with Crippen LogP contribution in [0.3, 0.4) is 0 Å². The van der Waals surface area contributed by atoms with E-state index in [1.54, 1.807) is 26.1 Å². The molecule has 4 rings (SSSR count). The Hall–Kier alpha value is -2.52. The van der Waals surface area contributed by atoms with Crippen LogP contribution < -0.4 is 10.3 Å². The van der Waals surface area contributed by atoms with Crippen LogP contribution in [0.15, 0.2) is 55.2 Å². The maximum atomic E-state index is 13.4. The first-order chi connectivity index (χ1) is 16.8. The summed E-state index contributed by atoms with van der Waals surface area (Å²) in [6.07, 6.45) is 6.90. The van der Waals surface area contributed by atoms with Gasteiger partial charge in [-0.05, 0) is 88.4 Å². The Morgan fingerprint density at radius 1 is 1.17 bits per heavy atom. The third-order valence-electron chi connectivity index (χ3n) is 5.79. The van der Waals surface area contributed by atoms with Crippen LogP contribution in [0.2, 0.25) is 0 Å². The first kappa shape index (κ1) is 25.6. The van der Waals surface area contributed by atoms with Crippen molar-refractivity contribution in [3.63, 3.8) is 0 Å². The Bertz CT molecular complexity index is 1290. The zero-order valence-electron chi connectivity index (χ0n) is 19.7. The van der Waals surface area contributed by atoms with Gasteiger partial charge in [0.1, 0.15) is 11.6 Å². The summed E-state index contributed by atoms with van der Waals surface area (Å²) in [7, 11) is 0. The number of hydrogen-bond acceptors (Lipinski definition) is 6. The predicted molar refractivity (Wildman–Crippen MR) is 143 cm³/mol. The largest absolute Gasteiger partial charge is 0.480 e. The Balaban J connectivity index is 1.64. The SMILES string of the molecule is CC(C)OC(=O)COc1c(Br)cc(C=Nn2c(C3CCCCC3)nc3ccccc3c2=O)cc1Br. The summed E-state index contributed by atoms with van der Waals surface area (Å²) in [5.41, 5.74) is 1.28. The van der Waals surface area contributed by atoms with Gasteiger partial charge >= 0.3 is 5.97 Å². The number of benzene rings is 2. The smallest absolute Gasteiger partial charge is 0.344 e. The summed E-state index contributed by atoms with van der Waals surface area (Å²) in [5.74, 6) is 0.961. The van der Waals surface area contributed by atoms with Crippen molar-refractivity contribution in [1.29, 1.82) is 0 Å². The minimum absolute atomic E-state index is 0.172. The summed E-state index contributed by atoms with van der Waals surface area (Å²) >= 11 is 7.00. The first-order valence-electron chi connectivity index (χ1n) is 11.7. The second-order valence-electron chi connectivity index (χ2n) is 8.82. The van der Waals surface area contributed by atoms with Crippen LogP contribution in [0.4, 0.5) is 0 Å². The fraction of sp³-hybridized carbons (Fsp3) is 0.385. The van der Waals surface area contributed by atoms with Gasteiger partial charge in [-0.2, -0.15) is 9.78 Å². The van der Waals surface area contributed by atoms with E-state index in [0.29, 0.717) is 31.4 Å². The second-order valence-corrected chi connectivity index (χ2v) is 10.5. The van der Waals surface area contributed by atoms with E-state index in [0.717, 1.165) is 31.2 Å². The third kappa shape index (κ3) is 6.19. The lowest BCUT2D eigenvalue weighted by atomic mass is 9.88. The molecule has 9 heteroatoms. The van der Waals surface area contributed by atoms with Gasteiger partial charge in [0, 0.05) is 5.92 Å². The molecule has 0 unspecified atom stereocenters. The number of ether oxygens (including phenoxy) is 2. The molecule has 0 N–H and O–H groups in total. The van der Waals surface area contributed by atoms with Crippen molar-refractivity contribution in [1.82, 2.24) is 9.66 Å². The molecule has 1 saturated carbocycles. The molecule has 35 heavy (non-hydrogen) atoms. The van der Waals surface area contributed by atoms with E-state index in [1.165, 1.54) is 11.1 Å². The van der Waals surface area contributed by atoms with Gasteiger partial charge < -0.3 is 9.47 Å². The van der Waals surface area contributed by atoms with Gasteiger partial charge in [-0.15, -0.1) is 0 Å². The summed E-state index contributed by atoms with van der Waals surface area (Å²) in [4.78, 5) is 30.0. The first-order valence-corrected chi connectivity index (χ1v) is 13.3. The molecule has 1 aromatic heterocycles. The van der Waals surface area contributed by atoms with E-state index in [9.17, 15) is 9.59 Å². The van der Waals surface area contributed by atoms with Gasteiger partial charge in [-0.3, -0.25) is 4.79 Å². The van der Waals surface area contributed by atoms with Crippen LogP contribution in [0.1, 0.15) is 63.3 Å². The minimum Gasteiger partial charge on any atom is -0.480 e. The number of fused-ring (bicyclic) bond motifs is 1. The number of carbonyl (C=O) groups is 1. The van der Waals surface area contributed by atoms with Gasteiger partial charge in [-0.1, -0.05) is 31.4 Å². The molecular formula is C26H27Br2N3O4. The highest BCUT2D eigenvalue weighted by atomic mass is 79.9. The monoisotopic (exact) mass is 603 g/mol. The summed E-state index contributed by atoms with van der Waals surface area (Å²) in [6.45, 7) is 3.37. The zero-order chi connectivity index (χ0) is 24.9. The number of nitrogens with zero attached hydrogens (tertiary/aromatic N) is 3. The molecule has 1 aliphatic rings. The Morgan fingerprint density at radius 3 is 2.54 bits per heavy atom. The van der Waals surface area contributed by atoms with E-state index >= 15 is 0 Å². The number of para-hydroxylation sites is 1. The lowest BCUT2D eigenvalue weighted by Crippen LogP contribution is -2.25.